The van der Waals surface area contributed by atoms with Crippen LogP contribution in [0, 0.1) is 19.8 Å². The Kier molecular flexibility index (Phi) is 7.22. The Morgan fingerprint density at radius 3 is 2.50 bits per heavy atom. The number of amides is 1. The van der Waals surface area contributed by atoms with Crippen LogP contribution in [-0.2, 0) is 14.8 Å². The molecule has 1 fully saturated rings. The predicted molar refractivity (Wildman–Crippen MR) is 120 cm³/mol. The van der Waals surface area contributed by atoms with Crippen molar-refractivity contribution in [3.63, 3.8) is 0 Å². The third kappa shape index (κ3) is 5.05. The summed E-state index contributed by atoms with van der Waals surface area (Å²) >= 11 is 5.88. The molecule has 0 spiro atoms. The number of carbonyl (C=O) groups is 1. The van der Waals surface area contributed by atoms with Crippen molar-refractivity contribution in [2.75, 3.05) is 13.1 Å². The summed E-state index contributed by atoms with van der Waals surface area (Å²) in [6.07, 6.45) is 2.11. The highest BCUT2D eigenvalue weighted by Crippen LogP contribution is 2.26. The normalized spacial score (nSPS) is 18.7. The second-order valence-electron chi connectivity index (χ2n) is 7.97. The van der Waals surface area contributed by atoms with Crippen molar-refractivity contribution in [3.05, 3.63) is 64.2 Å². The van der Waals surface area contributed by atoms with E-state index < -0.39 is 10.0 Å². The first-order chi connectivity index (χ1) is 14.2. The van der Waals surface area contributed by atoms with Crippen molar-refractivity contribution in [2.45, 2.75) is 51.0 Å². The van der Waals surface area contributed by atoms with Crippen LogP contribution in [0.2, 0.25) is 5.02 Å². The second kappa shape index (κ2) is 9.50. The van der Waals surface area contributed by atoms with Crippen molar-refractivity contribution in [1.29, 1.82) is 0 Å². The molecule has 2 aromatic rings. The first-order valence-electron chi connectivity index (χ1n) is 10.4. The molecule has 162 valence electrons. The molecule has 1 aliphatic rings. The van der Waals surface area contributed by atoms with E-state index in [9.17, 15) is 13.2 Å². The summed E-state index contributed by atoms with van der Waals surface area (Å²) in [5.74, 6) is -0.447. The van der Waals surface area contributed by atoms with Crippen molar-refractivity contribution in [2.24, 2.45) is 5.92 Å². The minimum atomic E-state index is -3.65. The van der Waals surface area contributed by atoms with Crippen molar-refractivity contribution in [3.8, 4) is 0 Å². The van der Waals surface area contributed by atoms with E-state index in [4.69, 9.17) is 11.6 Å². The van der Waals surface area contributed by atoms with Crippen LogP contribution >= 0.6 is 11.6 Å². The lowest BCUT2D eigenvalue weighted by molar-refractivity contribution is -0.126. The molecule has 30 heavy (non-hydrogen) atoms. The fraction of sp³-hybridized carbons (Fsp3) is 0.435. The summed E-state index contributed by atoms with van der Waals surface area (Å²) in [5.41, 5.74) is 3.49. The first kappa shape index (κ1) is 22.8. The van der Waals surface area contributed by atoms with Gasteiger partial charge in [0, 0.05) is 18.1 Å². The molecule has 1 aliphatic heterocycles. The molecule has 0 radical (unpaired) electrons. The van der Waals surface area contributed by atoms with E-state index in [-0.39, 0.29) is 29.3 Å². The lowest BCUT2D eigenvalue weighted by Gasteiger charge is -2.32. The standard InChI is InChI=1S/C23H29ClN2O3S/c1-4-22(18-8-7-16(2)17(3)14-18)25-23(27)19-6-5-13-26(15-19)30(28,29)21-11-9-20(24)10-12-21/h7-12,14,19,22H,4-6,13,15H2,1-3H3,(H,25,27)/t19-,22-/m0/s1. The van der Waals surface area contributed by atoms with E-state index >= 15 is 0 Å². The number of nitrogens with one attached hydrogen (secondary N) is 1. The molecule has 2 atom stereocenters. The summed E-state index contributed by atoms with van der Waals surface area (Å²) in [6.45, 7) is 6.78. The highest BCUT2D eigenvalue weighted by Gasteiger charge is 2.34. The summed E-state index contributed by atoms with van der Waals surface area (Å²) in [5, 5.41) is 3.63. The predicted octanol–water partition coefficient (Wildman–Crippen LogP) is 4.63. The molecule has 1 heterocycles. The van der Waals surface area contributed by atoms with Gasteiger partial charge in [-0.3, -0.25) is 4.79 Å². The molecular weight excluding hydrogens is 420 g/mol. The van der Waals surface area contributed by atoms with Gasteiger partial charge >= 0.3 is 0 Å². The van der Waals surface area contributed by atoms with Gasteiger partial charge in [-0.15, -0.1) is 0 Å². The van der Waals surface area contributed by atoms with E-state index in [0.29, 0.717) is 24.4 Å². The van der Waals surface area contributed by atoms with Crippen LogP contribution in [0.5, 0.6) is 0 Å². The molecule has 1 saturated heterocycles. The van der Waals surface area contributed by atoms with Crippen molar-refractivity contribution in [1.82, 2.24) is 9.62 Å². The SMILES string of the molecule is CC[C@H](NC(=O)[C@H]1CCCN(S(=O)(=O)c2ccc(Cl)cc2)C1)c1ccc(C)c(C)c1. The highest BCUT2D eigenvalue weighted by molar-refractivity contribution is 7.89. The molecule has 0 aliphatic carbocycles. The van der Waals surface area contributed by atoms with Crippen molar-refractivity contribution < 1.29 is 13.2 Å². The number of rotatable bonds is 6. The quantitative estimate of drug-likeness (QED) is 0.700. The molecule has 0 saturated carbocycles. The Morgan fingerprint density at radius 2 is 1.87 bits per heavy atom. The lowest BCUT2D eigenvalue weighted by atomic mass is 9.96. The molecule has 0 bridgehead atoms. The number of aryl methyl sites for hydroxylation is 2. The summed E-state index contributed by atoms with van der Waals surface area (Å²) < 4.78 is 27.4. The molecule has 0 unspecified atom stereocenters. The fourth-order valence-corrected chi connectivity index (χ4v) is 5.47. The van der Waals surface area contributed by atoms with Crippen LogP contribution in [0.25, 0.3) is 0 Å². The number of hydrogen-bond acceptors (Lipinski definition) is 3. The number of nitrogens with zero attached hydrogens (tertiary/aromatic N) is 1. The smallest absolute Gasteiger partial charge is 0.243 e. The molecule has 3 rings (SSSR count). The molecule has 5 nitrogen and oxygen atoms in total. The van der Waals surface area contributed by atoms with Gasteiger partial charge in [-0.1, -0.05) is 36.7 Å². The summed E-state index contributed by atoms with van der Waals surface area (Å²) in [4.78, 5) is 13.2. The zero-order valence-corrected chi connectivity index (χ0v) is 19.3. The maximum atomic E-state index is 13.0. The van der Waals surface area contributed by atoms with E-state index in [1.54, 1.807) is 12.1 Å². The van der Waals surface area contributed by atoms with E-state index in [2.05, 4.69) is 37.4 Å². The van der Waals surface area contributed by atoms with Gasteiger partial charge in [0.25, 0.3) is 0 Å². The molecular formula is C23H29ClN2O3S. The van der Waals surface area contributed by atoms with Crippen LogP contribution in [0.15, 0.2) is 47.4 Å². The molecule has 1 amide bonds. The van der Waals surface area contributed by atoms with Crippen LogP contribution in [0.3, 0.4) is 0 Å². The molecule has 1 N–H and O–H groups in total. The zero-order valence-electron chi connectivity index (χ0n) is 17.7. The number of piperidine rings is 1. The number of hydrogen-bond donors (Lipinski definition) is 1. The van der Waals surface area contributed by atoms with Crippen LogP contribution in [0.1, 0.15) is 48.9 Å². The Hall–Kier alpha value is -1.89. The Labute approximate surface area is 184 Å². The monoisotopic (exact) mass is 448 g/mol. The van der Waals surface area contributed by atoms with Gasteiger partial charge in [0.05, 0.1) is 16.9 Å². The first-order valence-corrected chi connectivity index (χ1v) is 12.2. The van der Waals surface area contributed by atoms with E-state index in [1.807, 2.05) is 6.92 Å². The third-order valence-electron chi connectivity index (χ3n) is 5.86. The number of carbonyl (C=O) groups excluding carboxylic acids is 1. The van der Waals surface area contributed by atoms with Gasteiger partial charge in [0.2, 0.25) is 15.9 Å². The van der Waals surface area contributed by atoms with E-state index in [1.165, 1.54) is 27.6 Å². The average molecular weight is 449 g/mol. The largest absolute Gasteiger partial charge is 0.349 e. The second-order valence-corrected chi connectivity index (χ2v) is 10.3. The summed E-state index contributed by atoms with van der Waals surface area (Å²) in [6, 6.07) is 12.3. The molecule has 0 aromatic heterocycles. The van der Waals surface area contributed by atoms with Gasteiger partial charge in [-0.05, 0) is 74.1 Å². The van der Waals surface area contributed by atoms with E-state index in [0.717, 1.165) is 12.0 Å². The van der Waals surface area contributed by atoms with Gasteiger partial charge in [-0.2, -0.15) is 4.31 Å². The number of benzene rings is 2. The highest BCUT2D eigenvalue weighted by atomic mass is 35.5. The molecule has 7 heteroatoms. The maximum absolute atomic E-state index is 13.0. The fourth-order valence-electron chi connectivity index (χ4n) is 3.82. The minimum Gasteiger partial charge on any atom is -0.349 e. The van der Waals surface area contributed by atoms with Gasteiger partial charge in [-0.25, -0.2) is 8.42 Å². The van der Waals surface area contributed by atoms with Crippen molar-refractivity contribution >= 4 is 27.5 Å². The van der Waals surface area contributed by atoms with Crippen LogP contribution in [-0.4, -0.2) is 31.7 Å². The van der Waals surface area contributed by atoms with Crippen LogP contribution < -0.4 is 5.32 Å². The lowest BCUT2D eigenvalue weighted by Crippen LogP contribution is -2.46. The topological polar surface area (TPSA) is 66.5 Å². The minimum absolute atomic E-state index is 0.0833. The Morgan fingerprint density at radius 1 is 1.17 bits per heavy atom. The maximum Gasteiger partial charge on any atom is 0.243 e. The zero-order chi connectivity index (χ0) is 21.9. The van der Waals surface area contributed by atoms with Gasteiger partial charge in [0.1, 0.15) is 0 Å². The summed E-state index contributed by atoms with van der Waals surface area (Å²) in [7, 11) is -3.65. The van der Waals surface area contributed by atoms with Gasteiger partial charge < -0.3 is 5.32 Å². The third-order valence-corrected chi connectivity index (χ3v) is 8.00. The van der Waals surface area contributed by atoms with Crippen LogP contribution in [0.4, 0.5) is 0 Å². The Balaban J connectivity index is 1.71. The van der Waals surface area contributed by atoms with Gasteiger partial charge in [0.15, 0.2) is 0 Å². The number of halogens is 1. The average Bonchev–Trinajstić information content (AvgIpc) is 2.74. The number of sulfonamides is 1. The Bertz CT molecular complexity index is 1010. The molecule has 2 aromatic carbocycles.